The van der Waals surface area contributed by atoms with Gasteiger partial charge in [-0.25, -0.2) is 0 Å². The molecule has 0 bridgehead atoms. The van der Waals surface area contributed by atoms with E-state index in [1.165, 1.54) is 22.5 Å². The van der Waals surface area contributed by atoms with Crippen molar-refractivity contribution in [3.63, 3.8) is 0 Å². The van der Waals surface area contributed by atoms with Crippen molar-refractivity contribution in [1.82, 2.24) is 4.90 Å². The lowest BCUT2D eigenvalue weighted by atomic mass is 9.97. The number of nitrogens with zero attached hydrogens (tertiary/aromatic N) is 1. The Kier molecular flexibility index (Phi) is 5.22. The van der Waals surface area contributed by atoms with Gasteiger partial charge in [0.15, 0.2) is 0 Å². The van der Waals surface area contributed by atoms with E-state index in [1.54, 1.807) is 37.4 Å². The van der Waals surface area contributed by atoms with Gasteiger partial charge in [-0.3, -0.25) is 9.59 Å². The number of hydrogen-bond donors (Lipinski definition) is 1. The minimum absolute atomic E-state index is 0.0849. The van der Waals surface area contributed by atoms with Crippen LogP contribution in [0.1, 0.15) is 33.4 Å². The maximum absolute atomic E-state index is 13.0. The number of aryl methyl sites for hydroxylation is 2. The van der Waals surface area contributed by atoms with Crippen LogP contribution in [-0.4, -0.2) is 28.8 Å². The Hall–Kier alpha value is -3.32. The third-order valence-electron chi connectivity index (χ3n) is 5.26. The Morgan fingerprint density at radius 3 is 2.60 bits per heavy atom. The van der Waals surface area contributed by atoms with E-state index in [1.807, 2.05) is 25.3 Å². The standard InChI is InChI=1S/C23H21NO5S/c1-13-8-10-30-22(13)19-18(20(25)15-6-7-17(28-3)14(2)11-15)21(26)23(27)24(19)12-16-5-4-9-29-16/h4-11,19,25H,12H2,1-3H3/b20-18-. The highest BCUT2D eigenvalue weighted by Crippen LogP contribution is 2.43. The first-order valence-electron chi connectivity index (χ1n) is 9.42. The number of carbonyl (C=O) groups is 2. The fourth-order valence-electron chi connectivity index (χ4n) is 3.73. The van der Waals surface area contributed by atoms with Gasteiger partial charge in [0.1, 0.15) is 23.3 Å². The molecule has 154 valence electrons. The van der Waals surface area contributed by atoms with Gasteiger partial charge in [0.2, 0.25) is 0 Å². The number of ketones is 1. The topological polar surface area (TPSA) is 80.0 Å². The monoisotopic (exact) mass is 423 g/mol. The fraction of sp³-hybridized carbons (Fsp3) is 0.217. The number of Topliss-reactive ketones (excluding diaryl/α,β-unsaturated/α-hetero) is 1. The summed E-state index contributed by atoms with van der Waals surface area (Å²) in [5.74, 6) is -0.313. The summed E-state index contributed by atoms with van der Waals surface area (Å²) in [7, 11) is 1.57. The number of ether oxygens (including phenoxy) is 1. The Labute approximate surface area is 178 Å². The SMILES string of the molecule is COc1ccc(/C(O)=C2/C(=O)C(=O)N(Cc3ccco3)C2c2sccc2C)cc1C. The minimum Gasteiger partial charge on any atom is -0.507 e. The Morgan fingerprint density at radius 1 is 1.20 bits per heavy atom. The van der Waals surface area contributed by atoms with Crippen LogP contribution >= 0.6 is 11.3 Å². The Morgan fingerprint density at radius 2 is 2.00 bits per heavy atom. The molecule has 3 heterocycles. The number of thiophene rings is 1. The summed E-state index contributed by atoms with van der Waals surface area (Å²) in [4.78, 5) is 28.3. The predicted molar refractivity (Wildman–Crippen MR) is 113 cm³/mol. The molecule has 0 spiro atoms. The molecule has 0 aliphatic carbocycles. The molecular weight excluding hydrogens is 402 g/mol. The van der Waals surface area contributed by atoms with E-state index in [2.05, 4.69) is 0 Å². The number of likely N-dealkylation sites (tertiary alicyclic amines) is 1. The summed E-state index contributed by atoms with van der Waals surface area (Å²) < 4.78 is 10.7. The van der Waals surface area contributed by atoms with Crippen molar-refractivity contribution in [2.75, 3.05) is 7.11 Å². The first kappa shape index (κ1) is 20.0. The van der Waals surface area contributed by atoms with Crippen LogP contribution in [0, 0.1) is 13.8 Å². The van der Waals surface area contributed by atoms with E-state index in [4.69, 9.17) is 9.15 Å². The zero-order chi connectivity index (χ0) is 21.4. The van der Waals surface area contributed by atoms with Crippen LogP contribution < -0.4 is 4.74 Å². The van der Waals surface area contributed by atoms with Gasteiger partial charge >= 0.3 is 0 Å². The molecule has 1 fully saturated rings. The van der Waals surface area contributed by atoms with Gasteiger partial charge in [-0.2, -0.15) is 0 Å². The van der Waals surface area contributed by atoms with Gasteiger partial charge in [0.05, 0.1) is 25.5 Å². The van der Waals surface area contributed by atoms with Crippen LogP contribution in [0.4, 0.5) is 0 Å². The summed E-state index contributed by atoms with van der Waals surface area (Å²) in [5.41, 5.74) is 2.31. The van der Waals surface area contributed by atoms with Gasteiger partial charge in [0.25, 0.3) is 11.7 Å². The zero-order valence-electron chi connectivity index (χ0n) is 16.8. The molecule has 3 aromatic rings. The molecule has 2 aromatic heterocycles. The van der Waals surface area contributed by atoms with Crippen molar-refractivity contribution in [3.05, 3.63) is 80.9 Å². The van der Waals surface area contributed by atoms with Crippen molar-refractivity contribution in [1.29, 1.82) is 0 Å². The van der Waals surface area contributed by atoms with Crippen LogP contribution in [0.3, 0.4) is 0 Å². The molecule has 1 saturated heterocycles. The highest BCUT2D eigenvalue weighted by atomic mass is 32.1. The number of benzene rings is 1. The second kappa shape index (κ2) is 7.84. The van der Waals surface area contributed by atoms with Crippen LogP contribution in [0.2, 0.25) is 0 Å². The molecule has 0 saturated carbocycles. The maximum atomic E-state index is 13.0. The predicted octanol–water partition coefficient (Wildman–Crippen LogP) is 4.59. The van der Waals surface area contributed by atoms with E-state index in [0.717, 1.165) is 16.0 Å². The second-order valence-electron chi connectivity index (χ2n) is 7.16. The van der Waals surface area contributed by atoms with Crippen molar-refractivity contribution in [3.8, 4) is 5.75 Å². The molecule has 6 nitrogen and oxygen atoms in total. The van der Waals surface area contributed by atoms with E-state index in [0.29, 0.717) is 17.1 Å². The van der Waals surface area contributed by atoms with Crippen LogP contribution in [0.5, 0.6) is 5.75 Å². The fourth-order valence-corrected chi connectivity index (χ4v) is 4.78. The quantitative estimate of drug-likeness (QED) is 0.369. The first-order valence-corrected chi connectivity index (χ1v) is 10.3. The van der Waals surface area contributed by atoms with Gasteiger partial charge in [-0.05, 0) is 66.8 Å². The highest BCUT2D eigenvalue weighted by Gasteiger charge is 2.47. The number of carbonyl (C=O) groups excluding carboxylic acids is 2. The number of hydrogen-bond acceptors (Lipinski definition) is 6. The van der Waals surface area contributed by atoms with Crippen molar-refractivity contribution >= 4 is 28.8 Å². The summed E-state index contributed by atoms with van der Waals surface area (Å²) in [5, 5.41) is 13.0. The largest absolute Gasteiger partial charge is 0.507 e. The lowest BCUT2D eigenvalue weighted by Crippen LogP contribution is -2.28. The van der Waals surface area contributed by atoms with E-state index in [-0.39, 0.29) is 17.9 Å². The number of aliphatic hydroxyl groups is 1. The lowest BCUT2D eigenvalue weighted by Gasteiger charge is -2.24. The van der Waals surface area contributed by atoms with Gasteiger partial charge < -0.3 is 19.2 Å². The third kappa shape index (κ3) is 3.31. The number of methoxy groups -OCH3 is 1. The zero-order valence-corrected chi connectivity index (χ0v) is 17.7. The highest BCUT2D eigenvalue weighted by molar-refractivity contribution is 7.10. The summed E-state index contributed by atoms with van der Waals surface area (Å²) in [6, 6.07) is 9.89. The molecule has 1 aliphatic rings. The Bertz CT molecular complexity index is 1140. The van der Waals surface area contributed by atoms with Crippen molar-refractivity contribution in [2.45, 2.75) is 26.4 Å². The number of rotatable bonds is 5. The average molecular weight is 423 g/mol. The molecule has 1 amide bonds. The molecule has 0 radical (unpaired) electrons. The van der Waals surface area contributed by atoms with E-state index < -0.39 is 17.7 Å². The van der Waals surface area contributed by atoms with Crippen LogP contribution in [0.25, 0.3) is 5.76 Å². The molecular formula is C23H21NO5S. The number of furan rings is 1. The molecule has 1 aliphatic heterocycles. The van der Waals surface area contributed by atoms with E-state index in [9.17, 15) is 14.7 Å². The molecule has 1 unspecified atom stereocenters. The molecule has 1 atom stereocenters. The van der Waals surface area contributed by atoms with Gasteiger partial charge in [-0.1, -0.05) is 0 Å². The summed E-state index contributed by atoms with van der Waals surface area (Å²) in [6.45, 7) is 3.92. The normalized spacial score (nSPS) is 18.2. The molecule has 7 heteroatoms. The molecule has 4 rings (SSSR count). The summed E-state index contributed by atoms with van der Waals surface area (Å²) in [6.07, 6.45) is 1.53. The van der Waals surface area contributed by atoms with Crippen molar-refractivity contribution < 1.29 is 23.8 Å². The first-order chi connectivity index (χ1) is 14.4. The lowest BCUT2D eigenvalue weighted by molar-refractivity contribution is -0.140. The Balaban J connectivity index is 1.87. The smallest absolute Gasteiger partial charge is 0.296 e. The number of amides is 1. The molecule has 1 N–H and O–H groups in total. The van der Waals surface area contributed by atoms with E-state index >= 15 is 0 Å². The molecule has 30 heavy (non-hydrogen) atoms. The average Bonchev–Trinajstić information content (AvgIpc) is 3.45. The van der Waals surface area contributed by atoms with Gasteiger partial charge in [0, 0.05) is 10.4 Å². The second-order valence-corrected chi connectivity index (χ2v) is 8.11. The third-order valence-corrected chi connectivity index (χ3v) is 6.34. The van der Waals surface area contributed by atoms with Crippen molar-refractivity contribution in [2.24, 2.45) is 0 Å². The minimum atomic E-state index is -0.703. The maximum Gasteiger partial charge on any atom is 0.296 e. The summed E-state index contributed by atoms with van der Waals surface area (Å²) >= 11 is 1.45. The van der Waals surface area contributed by atoms with Gasteiger partial charge in [-0.15, -0.1) is 11.3 Å². The number of aliphatic hydroxyl groups excluding tert-OH is 1. The van der Waals surface area contributed by atoms with Crippen LogP contribution in [-0.2, 0) is 16.1 Å². The molecule has 1 aromatic carbocycles. The van der Waals surface area contributed by atoms with Crippen LogP contribution in [0.15, 0.2) is 58.0 Å².